The van der Waals surface area contributed by atoms with Crippen molar-refractivity contribution in [3.63, 3.8) is 0 Å². The van der Waals surface area contributed by atoms with Gasteiger partial charge in [-0.15, -0.1) is 0 Å². The molecule has 1 amide bonds. The summed E-state index contributed by atoms with van der Waals surface area (Å²) in [7, 11) is 1.21. The van der Waals surface area contributed by atoms with Crippen molar-refractivity contribution >= 4 is 11.9 Å². The lowest BCUT2D eigenvalue weighted by Gasteiger charge is -2.16. The molecule has 1 unspecified atom stereocenters. The number of aromatic nitrogens is 2. The van der Waals surface area contributed by atoms with E-state index in [2.05, 4.69) is 15.0 Å². The molecule has 8 nitrogen and oxygen atoms in total. The van der Waals surface area contributed by atoms with Crippen LogP contribution in [0.3, 0.4) is 0 Å². The van der Waals surface area contributed by atoms with E-state index in [9.17, 15) is 14.4 Å². The number of amides is 1. The fourth-order valence-electron chi connectivity index (χ4n) is 2.12. The van der Waals surface area contributed by atoms with Crippen molar-refractivity contribution in [2.75, 3.05) is 7.11 Å². The number of nitrogens with zero attached hydrogens (tertiary/aromatic N) is 2. The van der Waals surface area contributed by atoms with Gasteiger partial charge >= 0.3 is 5.97 Å². The van der Waals surface area contributed by atoms with Crippen LogP contribution in [-0.4, -0.2) is 34.6 Å². The minimum Gasteiger partial charge on any atom is -0.473 e. The number of benzene rings is 1. The van der Waals surface area contributed by atoms with Crippen molar-refractivity contribution in [3.8, 4) is 5.88 Å². The highest BCUT2D eigenvalue weighted by molar-refractivity contribution is 5.83. The summed E-state index contributed by atoms with van der Waals surface area (Å²) in [4.78, 5) is 39.1. The van der Waals surface area contributed by atoms with Crippen LogP contribution in [0.2, 0.25) is 0 Å². The van der Waals surface area contributed by atoms with E-state index in [1.54, 1.807) is 0 Å². The van der Waals surface area contributed by atoms with Crippen molar-refractivity contribution in [1.29, 1.82) is 0 Å². The number of carbonyl (C=O) groups excluding carboxylic acids is 2. The predicted octanol–water partition coefficient (Wildman–Crippen LogP) is 0.500. The molecule has 0 aliphatic carbocycles. The lowest BCUT2D eigenvalue weighted by atomic mass is 10.2. The Labute approximate surface area is 144 Å². The van der Waals surface area contributed by atoms with E-state index < -0.39 is 23.5 Å². The SMILES string of the molecule is COC(=O)C(Cn1cnc(OCc2ccccc2)cc1=O)NC(C)=O. The zero-order chi connectivity index (χ0) is 18.2. The van der Waals surface area contributed by atoms with Crippen LogP contribution < -0.4 is 15.6 Å². The average Bonchev–Trinajstić information content (AvgIpc) is 2.61. The molecule has 1 heterocycles. The smallest absolute Gasteiger partial charge is 0.330 e. The standard InChI is InChI=1S/C17H19N3O5/c1-12(21)19-14(17(23)24-2)9-20-11-18-15(8-16(20)22)25-10-13-6-4-3-5-7-13/h3-8,11,14H,9-10H2,1-2H3,(H,19,21). The Morgan fingerprint density at radius 3 is 2.60 bits per heavy atom. The van der Waals surface area contributed by atoms with Crippen molar-refractivity contribution in [2.24, 2.45) is 0 Å². The molecule has 0 saturated carbocycles. The van der Waals surface area contributed by atoms with Crippen LogP contribution in [0, 0.1) is 0 Å². The first-order valence-corrected chi connectivity index (χ1v) is 7.57. The molecule has 0 spiro atoms. The highest BCUT2D eigenvalue weighted by atomic mass is 16.5. The molecular formula is C17H19N3O5. The summed E-state index contributed by atoms with van der Waals surface area (Å²) >= 11 is 0. The van der Waals surface area contributed by atoms with Crippen molar-refractivity contribution < 1.29 is 19.1 Å². The van der Waals surface area contributed by atoms with Crippen LogP contribution in [-0.2, 0) is 27.5 Å². The lowest BCUT2D eigenvalue weighted by molar-refractivity contribution is -0.145. The summed E-state index contributed by atoms with van der Waals surface area (Å²) in [6, 6.07) is 9.72. The predicted molar refractivity (Wildman–Crippen MR) is 88.9 cm³/mol. The quantitative estimate of drug-likeness (QED) is 0.734. The summed E-state index contributed by atoms with van der Waals surface area (Å²) < 4.78 is 11.3. The second kappa shape index (κ2) is 8.62. The second-order valence-electron chi connectivity index (χ2n) is 5.27. The molecule has 2 rings (SSSR count). The summed E-state index contributed by atoms with van der Waals surface area (Å²) in [6.07, 6.45) is 1.26. The van der Waals surface area contributed by atoms with E-state index in [1.807, 2.05) is 30.3 Å². The lowest BCUT2D eigenvalue weighted by Crippen LogP contribution is -2.45. The van der Waals surface area contributed by atoms with Crippen LogP contribution in [0.25, 0.3) is 0 Å². The van der Waals surface area contributed by atoms with Gasteiger partial charge in [-0.05, 0) is 5.56 Å². The Morgan fingerprint density at radius 1 is 1.28 bits per heavy atom. The van der Waals surface area contributed by atoms with Gasteiger partial charge in [0.2, 0.25) is 11.8 Å². The van der Waals surface area contributed by atoms with Crippen molar-refractivity contribution in [3.05, 3.63) is 58.6 Å². The molecule has 1 atom stereocenters. The summed E-state index contributed by atoms with van der Waals surface area (Å²) in [5.74, 6) is -0.870. The maximum Gasteiger partial charge on any atom is 0.330 e. The summed E-state index contributed by atoms with van der Waals surface area (Å²) in [5, 5.41) is 2.44. The van der Waals surface area contributed by atoms with Gasteiger partial charge in [-0.1, -0.05) is 30.3 Å². The van der Waals surface area contributed by atoms with E-state index in [-0.39, 0.29) is 19.0 Å². The molecule has 8 heteroatoms. The molecule has 1 aromatic carbocycles. The Hall–Kier alpha value is -3.16. The van der Waals surface area contributed by atoms with Crippen molar-refractivity contribution in [1.82, 2.24) is 14.9 Å². The monoisotopic (exact) mass is 345 g/mol. The highest BCUT2D eigenvalue weighted by Gasteiger charge is 2.21. The number of methoxy groups -OCH3 is 1. The first kappa shape index (κ1) is 18.2. The molecule has 0 saturated heterocycles. The van der Waals surface area contributed by atoms with E-state index in [0.29, 0.717) is 0 Å². The Kier molecular flexibility index (Phi) is 6.27. The Balaban J connectivity index is 2.06. The molecule has 132 valence electrons. The molecule has 0 radical (unpaired) electrons. The van der Waals surface area contributed by atoms with Crippen LogP contribution >= 0.6 is 0 Å². The topological polar surface area (TPSA) is 99.5 Å². The van der Waals surface area contributed by atoms with Gasteiger partial charge in [0.25, 0.3) is 5.56 Å². The molecule has 0 aliphatic rings. The molecule has 0 bridgehead atoms. The molecule has 0 fully saturated rings. The van der Waals surface area contributed by atoms with E-state index in [1.165, 1.54) is 31.0 Å². The largest absolute Gasteiger partial charge is 0.473 e. The molecule has 2 aromatic rings. The number of carbonyl (C=O) groups is 2. The number of hydrogen-bond donors (Lipinski definition) is 1. The summed E-state index contributed by atoms with van der Waals surface area (Å²) in [6.45, 7) is 1.47. The molecular weight excluding hydrogens is 326 g/mol. The number of ether oxygens (including phenoxy) is 2. The average molecular weight is 345 g/mol. The minimum absolute atomic E-state index is 0.0863. The third kappa shape index (κ3) is 5.45. The van der Waals surface area contributed by atoms with Crippen LogP contribution in [0.5, 0.6) is 5.88 Å². The number of hydrogen-bond acceptors (Lipinski definition) is 6. The summed E-state index contributed by atoms with van der Waals surface area (Å²) in [5.41, 5.74) is 0.544. The molecule has 0 aliphatic heterocycles. The molecule has 1 aromatic heterocycles. The van der Waals surface area contributed by atoms with Gasteiger partial charge < -0.3 is 14.8 Å². The van der Waals surface area contributed by atoms with Gasteiger partial charge in [-0.3, -0.25) is 14.2 Å². The van der Waals surface area contributed by atoms with E-state index in [0.717, 1.165) is 5.56 Å². The van der Waals surface area contributed by atoms with E-state index >= 15 is 0 Å². The first-order chi connectivity index (χ1) is 12.0. The third-order valence-electron chi connectivity index (χ3n) is 3.33. The van der Waals surface area contributed by atoms with Gasteiger partial charge in [0.15, 0.2) is 0 Å². The fraction of sp³-hybridized carbons (Fsp3) is 0.294. The highest BCUT2D eigenvalue weighted by Crippen LogP contribution is 2.06. The van der Waals surface area contributed by atoms with Crippen LogP contribution in [0.4, 0.5) is 0 Å². The van der Waals surface area contributed by atoms with Crippen LogP contribution in [0.1, 0.15) is 12.5 Å². The maximum absolute atomic E-state index is 12.2. The van der Waals surface area contributed by atoms with Gasteiger partial charge in [0.1, 0.15) is 19.0 Å². The zero-order valence-electron chi connectivity index (χ0n) is 14.0. The van der Waals surface area contributed by atoms with Gasteiger partial charge in [0, 0.05) is 6.92 Å². The normalized spacial score (nSPS) is 11.4. The number of nitrogens with one attached hydrogen (secondary N) is 1. The fourth-order valence-corrected chi connectivity index (χ4v) is 2.12. The number of rotatable bonds is 7. The second-order valence-corrected chi connectivity index (χ2v) is 5.27. The van der Waals surface area contributed by atoms with Gasteiger partial charge in [0.05, 0.1) is 19.7 Å². The van der Waals surface area contributed by atoms with Crippen molar-refractivity contribution in [2.45, 2.75) is 26.1 Å². The first-order valence-electron chi connectivity index (χ1n) is 7.57. The molecule has 1 N–H and O–H groups in total. The third-order valence-corrected chi connectivity index (χ3v) is 3.33. The van der Waals surface area contributed by atoms with Crippen LogP contribution in [0.15, 0.2) is 47.5 Å². The maximum atomic E-state index is 12.2. The minimum atomic E-state index is -0.974. The Bertz CT molecular complexity index is 788. The number of esters is 1. The van der Waals surface area contributed by atoms with Gasteiger partial charge in [-0.25, -0.2) is 9.78 Å². The molecule has 25 heavy (non-hydrogen) atoms. The van der Waals surface area contributed by atoms with E-state index in [4.69, 9.17) is 4.74 Å². The van der Waals surface area contributed by atoms with Gasteiger partial charge in [-0.2, -0.15) is 0 Å². The zero-order valence-corrected chi connectivity index (χ0v) is 14.0. The Morgan fingerprint density at radius 2 is 2.00 bits per heavy atom.